The first-order valence-electron chi connectivity index (χ1n) is 11.4. The molecule has 2 aliphatic heterocycles. The van der Waals surface area contributed by atoms with E-state index in [1.54, 1.807) is 0 Å². The van der Waals surface area contributed by atoms with Crippen LogP contribution in [0.2, 0.25) is 5.15 Å². The summed E-state index contributed by atoms with van der Waals surface area (Å²) in [4.78, 5) is 14.4. The van der Waals surface area contributed by atoms with Crippen molar-refractivity contribution in [2.75, 3.05) is 75.8 Å². The van der Waals surface area contributed by atoms with Gasteiger partial charge in [-0.1, -0.05) is 18.5 Å². The zero-order valence-electron chi connectivity index (χ0n) is 18.4. The van der Waals surface area contributed by atoms with Crippen molar-refractivity contribution in [3.63, 3.8) is 0 Å². The van der Waals surface area contributed by atoms with Gasteiger partial charge in [0.2, 0.25) is 0 Å². The van der Waals surface area contributed by atoms with Crippen LogP contribution in [0.1, 0.15) is 18.9 Å². The number of nitrogens with one attached hydrogen (secondary N) is 2. The highest BCUT2D eigenvalue weighted by atomic mass is 35.5. The summed E-state index contributed by atoms with van der Waals surface area (Å²) in [5.74, 6) is 1.70. The van der Waals surface area contributed by atoms with E-state index >= 15 is 0 Å². The van der Waals surface area contributed by atoms with Crippen molar-refractivity contribution in [1.29, 1.82) is 0 Å². The molecule has 8 heteroatoms. The van der Waals surface area contributed by atoms with Gasteiger partial charge in [-0.15, -0.1) is 0 Å². The third kappa shape index (κ3) is 5.86. The number of ether oxygens (including phenoxy) is 1. The van der Waals surface area contributed by atoms with Gasteiger partial charge in [0.25, 0.3) is 0 Å². The van der Waals surface area contributed by atoms with Gasteiger partial charge in [-0.25, -0.2) is 9.97 Å². The highest BCUT2D eigenvalue weighted by molar-refractivity contribution is 6.30. The maximum atomic E-state index is 6.56. The molecule has 0 radical (unpaired) electrons. The second kappa shape index (κ2) is 11.1. The van der Waals surface area contributed by atoms with Crippen molar-refractivity contribution in [3.05, 3.63) is 35.0 Å². The van der Waals surface area contributed by atoms with Gasteiger partial charge in [0.1, 0.15) is 11.0 Å². The summed E-state index contributed by atoms with van der Waals surface area (Å²) in [5.41, 5.74) is 3.17. The van der Waals surface area contributed by atoms with Crippen LogP contribution in [0, 0.1) is 0 Å². The molecule has 168 valence electrons. The number of hydrogen-bond donors (Lipinski definition) is 2. The predicted molar refractivity (Wildman–Crippen MR) is 127 cm³/mol. The van der Waals surface area contributed by atoms with Gasteiger partial charge in [-0.3, -0.25) is 4.90 Å². The fourth-order valence-electron chi connectivity index (χ4n) is 4.14. The van der Waals surface area contributed by atoms with E-state index in [-0.39, 0.29) is 0 Å². The molecule has 0 bridgehead atoms. The first-order chi connectivity index (χ1) is 15.2. The second-order valence-electron chi connectivity index (χ2n) is 8.04. The molecule has 3 heterocycles. The minimum Gasteiger partial charge on any atom is -0.384 e. The third-order valence-electron chi connectivity index (χ3n) is 5.90. The first-order valence-corrected chi connectivity index (χ1v) is 11.8. The fraction of sp³-hybridized carbons (Fsp3) is 0.565. The largest absolute Gasteiger partial charge is 0.384 e. The molecule has 2 aliphatic rings. The van der Waals surface area contributed by atoms with Crippen molar-refractivity contribution >= 4 is 23.1 Å². The lowest BCUT2D eigenvalue weighted by Crippen LogP contribution is -2.38. The maximum absolute atomic E-state index is 6.56. The van der Waals surface area contributed by atoms with Gasteiger partial charge in [-0.2, -0.15) is 0 Å². The van der Waals surface area contributed by atoms with E-state index in [1.165, 1.54) is 0 Å². The number of aromatic nitrogens is 2. The molecule has 0 unspecified atom stereocenters. The van der Waals surface area contributed by atoms with Crippen LogP contribution in [-0.2, 0) is 11.2 Å². The average molecular weight is 445 g/mol. The number of benzene rings is 1. The van der Waals surface area contributed by atoms with Gasteiger partial charge < -0.3 is 20.3 Å². The van der Waals surface area contributed by atoms with Crippen molar-refractivity contribution in [3.8, 4) is 11.4 Å². The zero-order chi connectivity index (χ0) is 21.5. The highest BCUT2D eigenvalue weighted by Gasteiger charge is 2.25. The Morgan fingerprint density at radius 1 is 1.03 bits per heavy atom. The molecule has 1 aromatic carbocycles. The minimum absolute atomic E-state index is 0.587. The quantitative estimate of drug-likeness (QED) is 0.431. The van der Waals surface area contributed by atoms with Crippen LogP contribution in [0.3, 0.4) is 0 Å². The summed E-state index contributed by atoms with van der Waals surface area (Å²) < 4.78 is 5.44. The Labute approximate surface area is 190 Å². The summed E-state index contributed by atoms with van der Waals surface area (Å²) in [7, 11) is 0. The monoisotopic (exact) mass is 444 g/mol. The summed E-state index contributed by atoms with van der Waals surface area (Å²) in [5, 5.41) is 7.32. The number of morpholine rings is 1. The molecule has 1 aromatic heterocycles. The minimum atomic E-state index is 0.587. The van der Waals surface area contributed by atoms with Crippen LogP contribution >= 0.6 is 11.6 Å². The van der Waals surface area contributed by atoms with E-state index in [1.807, 2.05) is 0 Å². The van der Waals surface area contributed by atoms with Gasteiger partial charge in [-0.05, 0) is 43.7 Å². The molecule has 0 amide bonds. The van der Waals surface area contributed by atoms with Crippen molar-refractivity contribution in [2.24, 2.45) is 0 Å². The van der Waals surface area contributed by atoms with Crippen LogP contribution < -0.4 is 15.5 Å². The molecule has 0 spiro atoms. The standard InChI is InChI=1S/C23H33ClN6O/c1-2-25-9-10-26-19-6-4-18(5-7-19)22-27-21(24)20-8-13-30(23(20)28-22)12-3-11-29-14-16-31-17-15-29/h4-7,25-26H,2-3,8-17H2,1H3. The summed E-state index contributed by atoms with van der Waals surface area (Å²) in [6, 6.07) is 8.27. The Kier molecular flexibility index (Phi) is 7.97. The van der Waals surface area contributed by atoms with Crippen molar-refractivity contribution in [2.45, 2.75) is 19.8 Å². The van der Waals surface area contributed by atoms with Gasteiger partial charge in [0, 0.05) is 62.6 Å². The van der Waals surface area contributed by atoms with Crippen molar-refractivity contribution in [1.82, 2.24) is 20.2 Å². The number of halogens is 1. The lowest BCUT2D eigenvalue weighted by Gasteiger charge is -2.27. The topological polar surface area (TPSA) is 65.6 Å². The molecule has 2 aromatic rings. The van der Waals surface area contributed by atoms with Gasteiger partial charge in [0.15, 0.2) is 5.82 Å². The van der Waals surface area contributed by atoms with Crippen LogP contribution in [0.4, 0.5) is 11.5 Å². The molecule has 4 rings (SSSR count). The third-order valence-corrected chi connectivity index (χ3v) is 6.21. The summed E-state index contributed by atoms with van der Waals surface area (Å²) >= 11 is 6.56. The number of hydrogen-bond acceptors (Lipinski definition) is 7. The smallest absolute Gasteiger partial charge is 0.163 e. The number of fused-ring (bicyclic) bond motifs is 1. The number of nitrogens with zero attached hydrogens (tertiary/aromatic N) is 4. The van der Waals surface area contributed by atoms with E-state index in [0.717, 1.165) is 101 Å². The Morgan fingerprint density at radius 3 is 2.61 bits per heavy atom. The summed E-state index contributed by atoms with van der Waals surface area (Å²) in [6.07, 6.45) is 2.03. The SMILES string of the molecule is CCNCCNc1ccc(-c2nc(Cl)c3c(n2)N(CCCN2CCOCC2)CC3)cc1. The molecular weight excluding hydrogens is 412 g/mol. The average Bonchev–Trinajstić information content (AvgIpc) is 3.21. The first kappa shape index (κ1) is 22.3. The van der Waals surface area contributed by atoms with E-state index in [4.69, 9.17) is 21.3 Å². The molecule has 31 heavy (non-hydrogen) atoms. The normalized spacial score (nSPS) is 16.5. The molecule has 7 nitrogen and oxygen atoms in total. The van der Waals surface area contributed by atoms with Crippen LogP contribution in [0.15, 0.2) is 24.3 Å². The Balaban J connectivity index is 1.39. The number of anilines is 2. The number of rotatable bonds is 10. The van der Waals surface area contributed by atoms with Crippen LogP contribution in [0.25, 0.3) is 11.4 Å². The van der Waals surface area contributed by atoms with E-state index in [2.05, 4.69) is 56.6 Å². The fourth-order valence-corrected chi connectivity index (χ4v) is 4.40. The van der Waals surface area contributed by atoms with Gasteiger partial charge in [0.05, 0.1) is 13.2 Å². The summed E-state index contributed by atoms with van der Waals surface area (Å²) in [6.45, 7) is 11.8. The zero-order valence-corrected chi connectivity index (χ0v) is 19.1. The highest BCUT2D eigenvalue weighted by Crippen LogP contribution is 2.33. The Morgan fingerprint density at radius 2 is 1.84 bits per heavy atom. The van der Waals surface area contributed by atoms with E-state index in [0.29, 0.717) is 11.0 Å². The lowest BCUT2D eigenvalue weighted by atomic mass is 10.2. The molecule has 2 N–H and O–H groups in total. The maximum Gasteiger partial charge on any atom is 0.163 e. The van der Waals surface area contributed by atoms with Gasteiger partial charge >= 0.3 is 0 Å². The molecular formula is C23H33ClN6O. The van der Waals surface area contributed by atoms with E-state index in [9.17, 15) is 0 Å². The number of likely N-dealkylation sites (N-methyl/N-ethyl adjacent to an activating group) is 1. The molecule has 1 fully saturated rings. The molecule has 0 aliphatic carbocycles. The van der Waals surface area contributed by atoms with Crippen LogP contribution in [-0.4, -0.2) is 80.4 Å². The second-order valence-corrected chi connectivity index (χ2v) is 8.40. The van der Waals surface area contributed by atoms with Crippen molar-refractivity contribution < 1.29 is 4.74 Å². The van der Waals surface area contributed by atoms with Crippen LogP contribution in [0.5, 0.6) is 0 Å². The predicted octanol–water partition coefficient (Wildman–Crippen LogP) is 2.90. The molecule has 0 saturated carbocycles. The lowest BCUT2D eigenvalue weighted by molar-refractivity contribution is 0.0376. The Hall–Kier alpha value is -1.93. The van der Waals surface area contributed by atoms with E-state index < -0.39 is 0 Å². The molecule has 1 saturated heterocycles. The Bertz CT molecular complexity index is 841. The molecule has 0 atom stereocenters.